The van der Waals surface area contributed by atoms with E-state index in [1.807, 2.05) is 30.3 Å². The molecule has 0 atom stereocenters. The topological polar surface area (TPSA) is 92.2 Å². The number of hydrogen-bond acceptors (Lipinski definition) is 5. The largest absolute Gasteiger partial charge is 0.477 e. The predicted molar refractivity (Wildman–Crippen MR) is 116 cm³/mol. The van der Waals surface area contributed by atoms with Crippen LogP contribution in [-0.4, -0.2) is 26.4 Å². The normalized spacial score (nSPS) is 11.1. The SMILES string of the molecule is O=C(O)c1scc2[nH]c(=O)n(-c3cc(SCCc4ccccc4)ccc3F)c(=O)c12. The summed E-state index contributed by atoms with van der Waals surface area (Å²) in [6, 6.07) is 14.1. The molecule has 0 saturated carbocycles. The molecule has 0 spiro atoms. The summed E-state index contributed by atoms with van der Waals surface area (Å²) >= 11 is 2.30. The van der Waals surface area contributed by atoms with Gasteiger partial charge >= 0.3 is 11.7 Å². The van der Waals surface area contributed by atoms with E-state index in [0.717, 1.165) is 23.5 Å². The molecule has 2 heterocycles. The number of H-pyrrole nitrogens is 1. The minimum atomic E-state index is -1.28. The van der Waals surface area contributed by atoms with E-state index in [1.54, 1.807) is 6.07 Å². The van der Waals surface area contributed by atoms with Gasteiger partial charge in [-0.15, -0.1) is 23.1 Å². The van der Waals surface area contributed by atoms with Crippen molar-refractivity contribution in [3.63, 3.8) is 0 Å². The Hall–Kier alpha value is -3.17. The van der Waals surface area contributed by atoms with Crippen LogP contribution in [-0.2, 0) is 6.42 Å². The van der Waals surface area contributed by atoms with E-state index in [9.17, 15) is 23.9 Å². The number of fused-ring (bicyclic) bond motifs is 1. The van der Waals surface area contributed by atoms with Crippen LogP contribution in [0.5, 0.6) is 0 Å². The third-order valence-corrected chi connectivity index (χ3v) is 6.47. The van der Waals surface area contributed by atoms with Crippen LogP contribution in [0.4, 0.5) is 4.39 Å². The number of halogens is 1. The molecule has 0 amide bonds. The molecule has 2 N–H and O–H groups in total. The number of nitrogens with zero attached hydrogens (tertiary/aromatic N) is 1. The highest BCUT2D eigenvalue weighted by molar-refractivity contribution is 7.99. The minimum absolute atomic E-state index is 0.123. The average molecular weight is 442 g/mol. The molecule has 0 unspecified atom stereocenters. The van der Waals surface area contributed by atoms with Crippen molar-refractivity contribution in [2.45, 2.75) is 11.3 Å². The fourth-order valence-electron chi connectivity index (χ4n) is 3.10. The van der Waals surface area contributed by atoms with Crippen LogP contribution in [0.25, 0.3) is 16.6 Å². The molecule has 2 aromatic heterocycles. The van der Waals surface area contributed by atoms with E-state index >= 15 is 0 Å². The first kappa shape index (κ1) is 20.1. The van der Waals surface area contributed by atoms with Crippen molar-refractivity contribution in [3.8, 4) is 5.69 Å². The average Bonchev–Trinajstić information content (AvgIpc) is 3.15. The Labute approximate surface area is 177 Å². The number of rotatable bonds is 6. The number of aromatic carboxylic acids is 1. The molecule has 152 valence electrons. The first-order chi connectivity index (χ1) is 14.5. The molecule has 0 aliphatic heterocycles. The Morgan fingerprint density at radius 1 is 1.17 bits per heavy atom. The maximum atomic E-state index is 14.6. The quantitative estimate of drug-likeness (QED) is 0.442. The predicted octanol–water partition coefficient (Wildman–Crippen LogP) is 3.91. The van der Waals surface area contributed by atoms with E-state index in [0.29, 0.717) is 9.46 Å². The molecule has 4 aromatic rings. The zero-order valence-corrected chi connectivity index (χ0v) is 17.1. The zero-order valence-electron chi connectivity index (χ0n) is 15.4. The highest BCUT2D eigenvalue weighted by Crippen LogP contribution is 2.25. The molecule has 0 fully saturated rings. The number of benzene rings is 2. The number of aromatic nitrogens is 2. The summed E-state index contributed by atoms with van der Waals surface area (Å²) in [6.07, 6.45) is 0.807. The number of nitrogens with one attached hydrogen (secondary N) is 1. The van der Waals surface area contributed by atoms with Crippen LogP contribution in [0.15, 0.2) is 68.4 Å². The van der Waals surface area contributed by atoms with Gasteiger partial charge < -0.3 is 10.1 Å². The van der Waals surface area contributed by atoms with Gasteiger partial charge in [0.1, 0.15) is 10.7 Å². The number of thiophene rings is 1. The van der Waals surface area contributed by atoms with Crippen molar-refractivity contribution in [1.29, 1.82) is 0 Å². The van der Waals surface area contributed by atoms with Gasteiger partial charge in [0.25, 0.3) is 5.56 Å². The molecule has 2 aromatic carbocycles. The van der Waals surface area contributed by atoms with Crippen LogP contribution in [0.1, 0.15) is 15.2 Å². The Kier molecular flexibility index (Phi) is 5.56. The van der Waals surface area contributed by atoms with Crippen LogP contribution >= 0.6 is 23.1 Å². The van der Waals surface area contributed by atoms with Gasteiger partial charge in [0.2, 0.25) is 0 Å². The van der Waals surface area contributed by atoms with Crippen molar-refractivity contribution < 1.29 is 14.3 Å². The van der Waals surface area contributed by atoms with Crippen LogP contribution in [0.2, 0.25) is 0 Å². The molecule has 0 aliphatic carbocycles. The Morgan fingerprint density at radius 2 is 1.93 bits per heavy atom. The van der Waals surface area contributed by atoms with Gasteiger partial charge in [-0.25, -0.2) is 18.5 Å². The van der Waals surface area contributed by atoms with Gasteiger partial charge in [-0.1, -0.05) is 30.3 Å². The summed E-state index contributed by atoms with van der Waals surface area (Å²) < 4.78 is 15.2. The smallest absolute Gasteiger partial charge is 0.346 e. The lowest BCUT2D eigenvalue weighted by atomic mass is 10.2. The number of aromatic amines is 1. The maximum Gasteiger partial charge on any atom is 0.346 e. The second-order valence-corrected chi connectivity index (χ2v) is 8.47. The second-order valence-electron chi connectivity index (χ2n) is 6.43. The Bertz CT molecular complexity index is 1360. The van der Waals surface area contributed by atoms with E-state index in [1.165, 1.54) is 34.8 Å². The third-order valence-electron chi connectivity index (χ3n) is 4.51. The van der Waals surface area contributed by atoms with Crippen molar-refractivity contribution in [2.75, 3.05) is 5.75 Å². The van der Waals surface area contributed by atoms with Crippen LogP contribution in [0.3, 0.4) is 0 Å². The van der Waals surface area contributed by atoms with Crippen molar-refractivity contribution in [1.82, 2.24) is 9.55 Å². The molecule has 0 aliphatic rings. The highest BCUT2D eigenvalue weighted by atomic mass is 32.2. The van der Waals surface area contributed by atoms with Gasteiger partial charge in [-0.05, 0) is 30.2 Å². The fraction of sp³-hybridized carbons (Fsp3) is 0.0952. The first-order valence-electron chi connectivity index (χ1n) is 8.92. The Balaban J connectivity index is 1.72. The lowest BCUT2D eigenvalue weighted by Gasteiger charge is -2.09. The molecule has 4 rings (SSSR count). The van der Waals surface area contributed by atoms with Gasteiger partial charge in [0.15, 0.2) is 0 Å². The number of hydrogen-bond donors (Lipinski definition) is 2. The summed E-state index contributed by atoms with van der Waals surface area (Å²) in [5.74, 6) is -1.30. The van der Waals surface area contributed by atoms with Gasteiger partial charge in [-0.3, -0.25) is 4.79 Å². The van der Waals surface area contributed by atoms with E-state index < -0.39 is 23.0 Å². The van der Waals surface area contributed by atoms with E-state index in [4.69, 9.17) is 0 Å². The van der Waals surface area contributed by atoms with E-state index in [-0.39, 0.29) is 21.5 Å². The highest BCUT2D eigenvalue weighted by Gasteiger charge is 2.20. The first-order valence-corrected chi connectivity index (χ1v) is 10.8. The lowest BCUT2D eigenvalue weighted by Crippen LogP contribution is -2.34. The lowest BCUT2D eigenvalue weighted by molar-refractivity contribution is 0.0704. The number of thioether (sulfide) groups is 1. The van der Waals surface area contributed by atoms with Gasteiger partial charge in [0, 0.05) is 16.0 Å². The molecule has 0 radical (unpaired) electrons. The second kappa shape index (κ2) is 8.29. The Morgan fingerprint density at radius 3 is 2.67 bits per heavy atom. The van der Waals surface area contributed by atoms with Gasteiger partial charge in [-0.2, -0.15) is 0 Å². The summed E-state index contributed by atoms with van der Waals surface area (Å²) in [7, 11) is 0. The maximum absolute atomic E-state index is 14.6. The number of carbonyl (C=O) groups is 1. The minimum Gasteiger partial charge on any atom is -0.477 e. The summed E-state index contributed by atoms with van der Waals surface area (Å²) in [5.41, 5.74) is -0.609. The number of aryl methyl sites for hydroxylation is 1. The molecule has 9 heteroatoms. The molecule has 0 bridgehead atoms. The van der Waals surface area contributed by atoms with Crippen molar-refractivity contribution in [3.05, 3.63) is 91.0 Å². The number of carboxylic acid groups (broad SMARTS) is 1. The van der Waals surface area contributed by atoms with Crippen LogP contribution < -0.4 is 11.2 Å². The number of carboxylic acids is 1. The van der Waals surface area contributed by atoms with Crippen molar-refractivity contribution in [2.24, 2.45) is 0 Å². The van der Waals surface area contributed by atoms with Crippen LogP contribution in [0, 0.1) is 5.82 Å². The molecule has 0 saturated heterocycles. The van der Waals surface area contributed by atoms with Crippen molar-refractivity contribution >= 4 is 40.0 Å². The fourth-order valence-corrected chi connectivity index (χ4v) is 4.86. The molecule has 6 nitrogen and oxygen atoms in total. The molecular formula is C21H15FN2O4S2. The monoisotopic (exact) mass is 442 g/mol. The molecule has 30 heavy (non-hydrogen) atoms. The summed E-state index contributed by atoms with van der Waals surface area (Å²) in [5, 5.41) is 10.6. The summed E-state index contributed by atoms with van der Waals surface area (Å²) in [4.78, 5) is 39.8. The van der Waals surface area contributed by atoms with E-state index in [2.05, 4.69) is 4.98 Å². The third kappa shape index (κ3) is 3.81. The standard InChI is InChI=1S/C21H15FN2O4S2/c22-14-7-6-13(29-9-8-12-4-2-1-3-5-12)10-16(14)24-19(25)17-15(23-21(24)28)11-30-18(17)20(26)27/h1-7,10-11H,8-9H2,(H,23,28)(H,26,27). The zero-order chi connectivity index (χ0) is 21.3. The van der Waals surface area contributed by atoms with Gasteiger partial charge in [0.05, 0.1) is 16.6 Å². The molecular weight excluding hydrogens is 427 g/mol. The summed E-state index contributed by atoms with van der Waals surface area (Å²) in [6.45, 7) is 0.